The van der Waals surface area contributed by atoms with Crippen LogP contribution in [0.25, 0.3) is 0 Å². The number of aliphatic imine (C=N–C) groups is 1. The number of benzene rings is 1. The van der Waals surface area contributed by atoms with E-state index >= 15 is 0 Å². The molecule has 0 aliphatic rings. The normalized spacial score (nSPS) is 11.8. The number of guanidine groups is 1. The number of aryl methyl sites for hydroxylation is 1. The van der Waals surface area contributed by atoms with E-state index in [4.69, 9.17) is 5.84 Å². The predicted octanol–water partition coefficient (Wildman–Crippen LogP) is 1.91. The minimum Gasteiger partial charge on any atom is -0.315 e. The second-order valence-electron chi connectivity index (χ2n) is 4.60. The van der Waals surface area contributed by atoms with Crippen molar-refractivity contribution in [3.8, 4) is 0 Å². The summed E-state index contributed by atoms with van der Waals surface area (Å²) >= 11 is 0. The molecule has 3 N–H and O–H groups in total. The van der Waals surface area contributed by atoms with Gasteiger partial charge in [0.15, 0.2) is 0 Å². The van der Waals surface area contributed by atoms with Gasteiger partial charge in [-0.1, -0.05) is 26.0 Å². The van der Waals surface area contributed by atoms with Crippen molar-refractivity contribution in [2.24, 2.45) is 16.8 Å². The lowest BCUT2D eigenvalue weighted by atomic mass is 10.2. The first kappa shape index (κ1) is 13.5. The summed E-state index contributed by atoms with van der Waals surface area (Å²) < 4.78 is 0. The summed E-state index contributed by atoms with van der Waals surface area (Å²) in [5.74, 6) is 6.72. The minimum absolute atomic E-state index is 0.518. The van der Waals surface area contributed by atoms with Crippen LogP contribution in [0.2, 0.25) is 0 Å². The first-order chi connectivity index (χ1) is 8.04. The maximum atomic E-state index is 5.51. The van der Waals surface area contributed by atoms with Crippen molar-refractivity contribution in [1.82, 2.24) is 5.43 Å². The molecule has 0 aromatic heterocycles. The first-order valence-corrected chi connectivity index (χ1v) is 5.86. The molecular weight excluding hydrogens is 212 g/mol. The molecule has 0 spiro atoms. The molecule has 0 saturated heterocycles. The molecule has 0 heterocycles. The third kappa shape index (κ3) is 4.07. The molecule has 17 heavy (non-hydrogen) atoms. The van der Waals surface area contributed by atoms with Gasteiger partial charge >= 0.3 is 0 Å². The number of hydrogen-bond donors (Lipinski definition) is 2. The molecule has 4 nitrogen and oxygen atoms in total. The Hall–Kier alpha value is -1.55. The van der Waals surface area contributed by atoms with Crippen molar-refractivity contribution < 1.29 is 0 Å². The lowest BCUT2D eigenvalue weighted by Crippen LogP contribution is -2.43. The topological polar surface area (TPSA) is 53.6 Å². The zero-order valence-corrected chi connectivity index (χ0v) is 11.1. The van der Waals surface area contributed by atoms with Crippen molar-refractivity contribution in [3.63, 3.8) is 0 Å². The van der Waals surface area contributed by atoms with E-state index in [1.165, 1.54) is 5.56 Å². The van der Waals surface area contributed by atoms with Crippen LogP contribution in [-0.2, 0) is 0 Å². The van der Waals surface area contributed by atoms with Crippen LogP contribution in [0.4, 0.5) is 5.69 Å². The standard InChI is InChI=1S/C13H22N4/c1-10(2)9-15-13(16-14)17(4)12-7-5-6-11(3)8-12/h5-8,10H,9,14H2,1-4H3,(H,15,16). The summed E-state index contributed by atoms with van der Waals surface area (Å²) in [5, 5.41) is 0. The van der Waals surface area contributed by atoms with Crippen molar-refractivity contribution in [2.75, 3.05) is 18.5 Å². The fourth-order valence-corrected chi connectivity index (χ4v) is 1.48. The van der Waals surface area contributed by atoms with E-state index in [0.29, 0.717) is 11.9 Å². The molecule has 0 radical (unpaired) electrons. The van der Waals surface area contributed by atoms with Crippen molar-refractivity contribution in [1.29, 1.82) is 0 Å². The predicted molar refractivity (Wildman–Crippen MR) is 74.0 cm³/mol. The lowest BCUT2D eigenvalue weighted by Gasteiger charge is -2.21. The maximum Gasteiger partial charge on any atom is 0.212 e. The number of hydrogen-bond acceptors (Lipinski definition) is 2. The summed E-state index contributed by atoms with van der Waals surface area (Å²) in [6.07, 6.45) is 0. The minimum atomic E-state index is 0.518. The summed E-state index contributed by atoms with van der Waals surface area (Å²) in [4.78, 5) is 6.41. The molecule has 0 bridgehead atoms. The Morgan fingerprint density at radius 1 is 1.47 bits per heavy atom. The summed E-state index contributed by atoms with van der Waals surface area (Å²) in [6, 6.07) is 8.23. The van der Waals surface area contributed by atoms with Crippen molar-refractivity contribution in [2.45, 2.75) is 20.8 Å². The Morgan fingerprint density at radius 2 is 2.18 bits per heavy atom. The number of rotatable bonds is 3. The highest BCUT2D eigenvalue weighted by Gasteiger charge is 2.07. The summed E-state index contributed by atoms with van der Waals surface area (Å²) in [7, 11) is 1.95. The maximum absolute atomic E-state index is 5.51. The van der Waals surface area contributed by atoms with Crippen LogP contribution in [0.3, 0.4) is 0 Å². The van der Waals surface area contributed by atoms with Gasteiger partial charge in [0.2, 0.25) is 5.96 Å². The Bertz CT molecular complexity index is 385. The third-order valence-electron chi connectivity index (χ3n) is 2.44. The van der Waals surface area contributed by atoms with Crippen LogP contribution in [0, 0.1) is 12.8 Å². The molecule has 94 valence electrons. The van der Waals surface area contributed by atoms with E-state index in [1.54, 1.807) is 0 Å². The van der Waals surface area contributed by atoms with E-state index in [2.05, 4.69) is 43.3 Å². The van der Waals surface area contributed by atoms with Crippen molar-refractivity contribution >= 4 is 11.6 Å². The average Bonchev–Trinajstić information content (AvgIpc) is 2.29. The van der Waals surface area contributed by atoms with E-state index in [0.717, 1.165) is 12.2 Å². The van der Waals surface area contributed by atoms with Gasteiger partial charge in [0, 0.05) is 19.3 Å². The lowest BCUT2D eigenvalue weighted by molar-refractivity contribution is 0.661. The van der Waals surface area contributed by atoms with Crippen LogP contribution in [0.5, 0.6) is 0 Å². The van der Waals surface area contributed by atoms with E-state index in [1.807, 2.05) is 24.1 Å². The molecule has 0 aliphatic heterocycles. The Kier molecular flexibility index (Phi) is 4.97. The van der Waals surface area contributed by atoms with E-state index < -0.39 is 0 Å². The number of hydrazine groups is 1. The molecule has 1 aromatic rings. The Balaban J connectivity index is 2.85. The number of anilines is 1. The highest BCUT2D eigenvalue weighted by Crippen LogP contribution is 2.14. The SMILES string of the molecule is Cc1cccc(N(C)C(=NCC(C)C)NN)c1. The number of nitrogens with one attached hydrogen (secondary N) is 1. The van der Waals surface area contributed by atoms with Crippen LogP contribution < -0.4 is 16.2 Å². The third-order valence-corrected chi connectivity index (χ3v) is 2.44. The largest absolute Gasteiger partial charge is 0.315 e. The van der Waals surface area contributed by atoms with Gasteiger partial charge in [0.05, 0.1) is 0 Å². The first-order valence-electron chi connectivity index (χ1n) is 5.86. The number of nitrogens with two attached hydrogens (primary N) is 1. The molecule has 1 rings (SSSR count). The van der Waals surface area contributed by atoms with Gasteiger partial charge in [-0.25, -0.2) is 5.84 Å². The zero-order chi connectivity index (χ0) is 12.8. The van der Waals surface area contributed by atoms with Gasteiger partial charge < -0.3 is 4.90 Å². The molecule has 0 aliphatic carbocycles. The molecule has 0 saturated carbocycles. The van der Waals surface area contributed by atoms with Crippen LogP contribution in [0.1, 0.15) is 19.4 Å². The van der Waals surface area contributed by atoms with Gasteiger partial charge in [-0.05, 0) is 30.5 Å². The summed E-state index contributed by atoms with van der Waals surface area (Å²) in [6.45, 7) is 7.09. The highest BCUT2D eigenvalue weighted by molar-refractivity contribution is 5.95. The zero-order valence-electron chi connectivity index (χ0n) is 11.1. The Morgan fingerprint density at radius 3 is 2.71 bits per heavy atom. The summed E-state index contributed by atoms with van der Waals surface area (Å²) in [5.41, 5.74) is 4.94. The fourth-order valence-electron chi connectivity index (χ4n) is 1.48. The van der Waals surface area contributed by atoms with Crippen molar-refractivity contribution in [3.05, 3.63) is 29.8 Å². The van der Waals surface area contributed by atoms with Crippen LogP contribution >= 0.6 is 0 Å². The molecule has 0 fully saturated rings. The van der Waals surface area contributed by atoms with Crippen LogP contribution in [-0.4, -0.2) is 19.6 Å². The van der Waals surface area contributed by atoms with E-state index in [-0.39, 0.29) is 0 Å². The average molecular weight is 234 g/mol. The van der Waals surface area contributed by atoms with Crippen LogP contribution in [0.15, 0.2) is 29.3 Å². The van der Waals surface area contributed by atoms with E-state index in [9.17, 15) is 0 Å². The fraction of sp³-hybridized carbons (Fsp3) is 0.462. The molecular formula is C13H22N4. The molecule has 0 atom stereocenters. The Labute approximate surface area is 104 Å². The molecule has 1 aromatic carbocycles. The van der Waals surface area contributed by atoms with Gasteiger partial charge in [0.25, 0.3) is 0 Å². The molecule has 4 heteroatoms. The number of nitrogens with zero attached hydrogens (tertiary/aromatic N) is 2. The second-order valence-corrected chi connectivity index (χ2v) is 4.60. The quantitative estimate of drug-likeness (QED) is 0.363. The highest BCUT2D eigenvalue weighted by atomic mass is 15.4. The van der Waals surface area contributed by atoms with Gasteiger partial charge in [-0.15, -0.1) is 0 Å². The van der Waals surface area contributed by atoms with Gasteiger partial charge in [-0.3, -0.25) is 10.4 Å². The molecule has 0 unspecified atom stereocenters. The smallest absolute Gasteiger partial charge is 0.212 e. The molecule has 0 amide bonds. The monoisotopic (exact) mass is 234 g/mol. The second kappa shape index (κ2) is 6.25. The van der Waals surface area contributed by atoms with Gasteiger partial charge in [0.1, 0.15) is 0 Å². The van der Waals surface area contributed by atoms with Gasteiger partial charge in [-0.2, -0.15) is 0 Å².